The van der Waals surface area contributed by atoms with E-state index < -0.39 is 0 Å². The number of aryl methyl sites for hydroxylation is 2. The van der Waals surface area contributed by atoms with Crippen molar-refractivity contribution < 1.29 is 4.74 Å². The Balaban J connectivity index is 2.23. The number of hydrogen-bond acceptors (Lipinski definition) is 3. The number of rotatable bonds is 3. The van der Waals surface area contributed by atoms with Gasteiger partial charge < -0.3 is 10.5 Å². The molecule has 1 aliphatic rings. The maximum absolute atomic E-state index is 6.04. The Kier molecular flexibility index (Phi) is 3.44. The number of nitrogens with two attached hydrogens (primary N) is 1. The van der Waals surface area contributed by atoms with Gasteiger partial charge in [0.25, 0.3) is 0 Å². The van der Waals surface area contributed by atoms with Gasteiger partial charge in [0.2, 0.25) is 0 Å². The zero-order valence-corrected chi connectivity index (χ0v) is 10.1. The van der Waals surface area contributed by atoms with Gasteiger partial charge in [0.15, 0.2) is 0 Å². The van der Waals surface area contributed by atoms with Crippen LogP contribution < -0.4 is 10.5 Å². The molecule has 1 saturated carbocycles. The van der Waals surface area contributed by atoms with Crippen LogP contribution in [0.1, 0.15) is 42.6 Å². The van der Waals surface area contributed by atoms with Crippen LogP contribution in [-0.2, 0) is 6.54 Å². The van der Waals surface area contributed by atoms with Crippen molar-refractivity contribution in [3.05, 3.63) is 23.0 Å². The third-order valence-corrected chi connectivity index (χ3v) is 3.22. The molecule has 0 saturated heterocycles. The van der Waals surface area contributed by atoms with Gasteiger partial charge in [-0.3, -0.25) is 4.98 Å². The summed E-state index contributed by atoms with van der Waals surface area (Å²) in [5.74, 6) is 0.944. The number of hydrogen-bond donors (Lipinski definition) is 1. The number of nitrogens with zero attached hydrogens (tertiary/aromatic N) is 1. The Hall–Kier alpha value is -1.09. The van der Waals surface area contributed by atoms with Gasteiger partial charge in [0.1, 0.15) is 5.75 Å². The molecule has 0 atom stereocenters. The molecule has 0 spiro atoms. The van der Waals surface area contributed by atoms with Gasteiger partial charge in [0, 0.05) is 29.6 Å². The van der Waals surface area contributed by atoms with Crippen LogP contribution in [0.5, 0.6) is 5.75 Å². The van der Waals surface area contributed by atoms with E-state index in [9.17, 15) is 0 Å². The van der Waals surface area contributed by atoms with E-state index in [1.807, 2.05) is 19.9 Å². The fourth-order valence-corrected chi connectivity index (χ4v) is 2.36. The number of pyridine rings is 1. The minimum Gasteiger partial charge on any atom is -0.490 e. The fraction of sp³-hybridized carbons (Fsp3) is 0.615. The summed E-state index contributed by atoms with van der Waals surface area (Å²) >= 11 is 0. The van der Waals surface area contributed by atoms with E-state index >= 15 is 0 Å². The molecule has 1 heterocycles. The topological polar surface area (TPSA) is 48.1 Å². The highest BCUT2D eigenvalue weighted by molar-refractivity contribution is 5.37. The lowest BCUT2D eigenvalue weighted by Crippen LogP contribution is -2.14. The maximum atomic E-state index is 6.04. The van der Waals surface area contributed by atoms with Crippen molar-refractivity contribution in [1.82, 2.24) is 4.98 Å². The van der Waals surface area contributed by atoms with Crippen LogP contribution in [-0.4, -0.2) is 11.1 Å². The van der Waals surface area contributed by atoms with E-state index in [1.54, 1.807) is 0 Å². The van der Waals surface area contributed by atoms with Crippen LogP contribution in [0.2, 0.25) is 0 Å². The van der Waals surface area contributed by atoms with E-state index in [1.165, 1.54) is 25.7 Å². The van der Waals surface area contributed by atoms with Gasteiger partial charge in [-0.1, -0.05) is 0 Å². The molecule has 3 heteroatoms. The van der Waals surface area contributed by atoms with Crippen molar-refractivity contribution in [2.24, 2.45) is 5.73 Å². The highest BCUT2D eigenvalue weighted by atomic mass is 16.5. The first-order valence-electron chi connectivity index (χ1n) is 6.04. The van der Waals surface area contributed by atoms with E-state index in [-0.39, 0.29) is 0 Å². The summed E-state index contributed by atoms with van der Waals surface area (Å²) in [4.78, 5) is 4.42. The van der Waals surface area contributed by atoms with Gasteiger partial charge in [-0.2, -0.15) is 0 Å². The molecular formula is C13H20N2O. The van der Waals surface area contributed by atoms with Crippen molar-refractivity contribution in [1.29, 1.82) is 0 Å². The van der Waals surface area contributed by atoms with Crippen LogP contribution >= 0.6 is 0 Å². The lowest BCUT2D eigenvalue weighted by atomic mass is 10.1. The number of aromatic nitrogens is 1. The van der Waals surface area contributed by atoms with E-state index in [2.05, 4.69) is 4.98 Å². The Bertz CT molecular complexity index is 370. The van der Waals surface area contributed by atoms with Crippen molar-refractivity contribution >= 4 is 0 Å². The monoisotopic (exact) mass is 220 g/mol. The average Bonchev–Trinajstić information content (AvgIpc) is 2.70. The molecule has 0 aliphatic heterocycles. The summed E-state index contributed by atoms with van der Waals surface area (Å²) in [7, 11) is 0. The SMILES string of the molecule is Cc1cc(OC2CCCC2)c(CN)c(C)n1. The smallest absolute Gasteiger partial charge is 0.127 e. The second-order valence-electron chi connectivity index (χ2n) is 4.55. The number of ether oxygens (including phenoxy) is 1. The first-order chi connectivity index (χ1) is 7.70. The van der Waals surface area contributed by atoms with Crippen molar-refractivity contribution in [3.8, 4) is 5.75 Å². The average molecular weight is 220 g/mol. The summed E-state index contributed by atoms with van der Waals surface area (Å²) < 4.78 is 6.04. The molecule has 0 radical (unpaired) electrons. The summed E-state index contributed by atoms with van der Waals surface area (Å²) in [5, 5.41) is 0. The van der Waals surface area contributed by atoms with Crippen molar-refractivity contribution in [2.45, 2.75) is 52.2 Å². The van der Waals surface area contributed by atoms with E-state index in [4.69, 9.17) is 10.5 Å². The zero-order chi connectivity index (χ0) is 11.5. The molecule has 0 bridgehead atoms. The van der Waals surface area contributed by atoms with Crippen LogP contribution in [0, 0.1) is 13.8 Å². The predicted octanol–water partition coefficient (Wildman–Crippen LogP) is 2.48. The van der Waals surface area contributed by atoms with Crippen LogP contribution in [0.25, 0.3) is 0 Å². The normalized spacial score (nSPS) is 16.7. The fourth-order valence-electron chi connectivity index (χ4n) is 2.36. The highest BCUT2D eigenvalue weighted by Gasteiger charge is 2.18. The molecule has 1 aromatic heterocycles. The Morgan fingerprint density at radius 1 is 1.38 bits per heavy atom. The second kappa shape index (κ2) is 4.83. The molecule has 16 heavy (non-hydrogen) atoms. The lowest BCUT2D eigenvalue weighted by Gasteiger charge is -2.17. The third kappa shape index (κ3) is 2.35. The Morgan fingerprint density at radius 2 is 2.06 bits per heavy atom. The largest absolute Gasteiger partial charge is 0.490 e. The van der Waals surface area contributed by atoms with Gasteiger partial charge in [-0.15, -0.1) is 0 Å². The lowest BCUT2D eigenvalue weighted by molar-refractivity contribution is 0.207. The minimum absolute atomic E-state index is 0.381. The summed E-state index contributed by atoms with van der Waals surface area (Å²) in [6.45, 7) is 4.49. The van der Waals surface area contributed by atoms with Gasteiger partial charge in [-0.25, -0.2) is 0 Å². The molecule has 0 unspecified atom stereocenters. The molecule has 0 aromatic carbocycles. The molecule has 88 valence electrons. The molecule has 2 rings (SSSR count). The predicted molar refractivity (Wildman–Crippen MR) is 64.5 cm³/mol. The highest BCUT2D eigenvalue weighted by Crippen LogP contribution is 2.28. The minimum atomic E-state index is 0.381. The molecular weight excluding hydrogens is 200 g/mol. The molecule has 1 aromatic rings. The molecule has 1 aliphatic carbocycles. The quantitative estimate of drug-likeness (QED) is 0.851. The molecule has 3 nitrogen and oxygen atoms in total. The van der Waals surface area contributed by atoms with Gasteiger partial charge in [-0.05, 0) is 39.5 Å². The first kappa shape index (κ1) is 11.4. The van der Waals surface area contributed by atoms with Crippen LogP contribution in [0.3, 0.4) is 0 Å². The van der Waals surface area contributed by atoms with E-state index in [0.717, 1.165) is 22.7 Å². The molecule has 1 fully saturated rings. The van der Waals surface area contributed by atoms with Gasteiger partial charge in [0.05, 0.1) is 6.10 Å². The van der Waals surface area contributed by atoms with Crippen LogP contribution in [0.15, 0.2) is 6.07 Å². The van der Waals surface area contributed by atoms with Crippen LogP contribution in [0.4, 0.5) is 0 Å². The Labute approximate surface area is 97.0 Å². The second-order valence-corrected chi connectivity index (χ2v) is 4.55. The summed E-state index contributed by atoms with van der Waals surface area (Å²) in [6, 6.07) is 2.01. The van der Waals surface area contributed by atoms with Gasteiger partial charge >= 0.3 is 0 Å². The third-order valence-electron chi connectivity index (χ3n) is 3.22. The zero-order valence-electron chi connectivity index (χ0n) is 10.1. The van der Waals surface area contributed by atoms with Crippen molar-refractivity contribution in [3.63, 3.8) is 0 Å². The molecule has 2 N–H and O–H groups in total. The first-order valence-corrected chi connectivity index (χ1v) is 6.04. The summed E-state index contributed by atoms with van der Waals surface area (Å²) in [5.41, 5.74) is 8.81. The Morgan fingerprint density at radius 3 is 2.69 bits per heavy atom. The molecule has 0 amide bonds. The summed E-state index contributed by atoms with van der Waals surface area (Å²) in [6.07, 6.45) is 5.29. The van der Waals surface area contributed by atoms with E-state index in [0.29, 0.717) is 12.6 Å². The maximum Gasteiger partial charge on any atom is 0.127 e. The van der Waals surface area contributed by atoms with Crippen molar-refractivity contribution in [2.75, 3.05) is 0 Å². The standard InChI is InChI=1S/C13H20N2O/c1-9-7-13(12(8-14)10(2)15-9)16-11-5-3-4-6-11/h7,11H,3-6,8,14H2,1-2H3.